The number of ether oxygens (including phenoxy) is 2. The Morgan fingerprint density at radius 2 is 1.57 bits per heavy atom. The second-order valence-corrected chi connectivity index (χ2v) is 13.9. The monoisotopic (exact) mass is 683 g/mol. The predicted octanol–water partition coefficient (Wildman–Crippen LogP) is 7.34. The summed E-state index contributed by atoms with van der Waals surface area (Å²) in [6.07, 6.45) is 0. The summed E-state index contributed by atoms with van der Waals surface area (Å²) >= 11 is 0. The van der Waals surface area contributed by atoms with Crippen LogP contribution in [0.25, 0.3) is 5.69 Å². The Hall–Kier alpha value is -5.56. The van der Waals surface area contributed by atoms with Crippen LogP contribution in [0.15, 0.2) is 106 Å². The highest BCUT2D eigenvalue weighted by Crippen LogP contribution is 2.48. The first kappa shape index (κ1) is 32.0. The maximum absolute atomic E-state index is 13.6. The number of para-hydroxylation sites is 2. The van der Waals surface area contributed by atoms with Gasteiger partial charge in [-0.25, -0.2) is 18.1 Å². The maximum atomic E-state index is 13.6. The van der Waals surface area contributed by atoms with E-state index >= 15 is 0 Å². The Labute approximate surface area is 281 Å². The largest absolute Gasteiger partial charge is 0.493 e. The Morgan fingerprint density at radius 3 is 2.22 bits per heavy atom. The summed E-state index contributed by atoms with van der Waals surface area (Å²) < 4.78 is 64.9. The third kappa shape index (κ3) is 5.49. The van der Waals surface area contributed by atoms with E-state index in [4.69, 9.17) is 14.8 Å². The number of amides is 1. The number of sulfone groups is 1. The summed E-state index contributed by atoms with van der Waals surface area (Å²) in [6.45, 7) is 2.84. The van der Waals surface area contributed by atoms with Crippen molar-refractivity contribution in [1.82, 2.24) is 9.78 Å². The van der Waals surface area contributed by atoms with Crippen LogP contribution in [0.5, 0.6) is 11.5 Å². The summed E-state index contributed by atoms with van der Waals surface area (Å²) in [6, 6.07) is 24.4. The number of carbonyl (C=O) groups excluding carboxylic acids is 1. The number of amidine groups is 1. The third-order valence-electron chi connectivity index (χ3n) is 8.64. The first-order valence-corrected chi connectivity index (χ1v) is 16.9. The van der Waals surface area contributed by atoms with Gasteiger partial charge in [-0.15, -0.1) is 0 Å². The van der Waals surface area contributed by atoms with Crippen molar-refractivity contribution in [2.75, 3.05) is 17.3 Å². The SMILES string of the molecule is COc1cc([C@@H]2c3c(C)nn(-c4ccc(S(=O)(=O)c5ccc(C(C)C)cc5)cc4)c3N=C3C(=O)Nc4ccccc4N32)ccc1OC(F)F. The molecule has 5 aromatic rings. The first-order chi connectivity index (χ1) is 23.5. The van der Waals surface area contributed by atoms with Crippen molar-refractivity contribution < 1.29 is 31.5 Å². The van der Waals surface area contributed by atoms with Gasteiger partial charge in [0.1, 0.15) is 0 Å². The topological polar surface area (TPSA) is 115 Å². The van der Waals surface area contributed by atoms with Crippen molar-refractivity contribution in [1.29, 1.82) is 0 Å². The Bertz CT molecular complexity index is 2230. The molecule has 1 N–H and O–H groups in total. The van der Waals surface area contributed by atoms with Gasteiger partial charge >= 0.3 is 6.61 Å². The lowest BCUT2D eigenvalue weighted by Crippen LogP contribution is -2.48. The zero-order valence-electron chi connectivity index (χ0n) is 26.9. The zero-order valence-corrected chi connectivity index (χ0v) is 27.7. The number of aromatic nitrogens is 2. The fraction of sp³-hybridized carbons (Fsp3) is 0.194. The Morgan fingerprint density at radius 1 is 0.898 bits per heavy atom. The van der Waals surface area contributed by atoms with Gasteiger partial charge in [-0.05, 0) is 84.6 Å². The molecule has 0 radical (unpaired) electrons. The molecule has 1 amide bonds. The minimum atomic E-state index is -3.79. The summed E-state index contributed by atoms with van der Waals surface area (Å²) in [5.74, 6) is 0.211. The molecule has 0 fully saturated rings. The molecular formula is C36H31F2N5O5S. The molecular weight excluding hydrogens is 652 g/mol. The van der Waals surface area contributed by atoms with Gasteiger partial charge in [0, 0.05) is 5.56 Å². The van der Waals surface area contributed by atoms with E-state index in [-0.39, 0.29) is 33.0 Å². The fourth-order valence-corrected chi connectivity index (χ4v) is 7.48. The summed E-state index contributed by atoms with van der Waals surface area (Å²) in [5.41, 5.74) is 4.64. The van der Waals surface area contributed by atoms with Crippen LogP contribution in [0.3, 0.4) is 0 Å². The van der Waals surface area contributed by atoms with E-state index in [0.717, 1.165) is 5.56 Å². The van der Waals surface area contributed by atoms with E-state index in [1.165, 1.54) is 25.3 Å². The van der Waals surface area contributed by atoms with Gasteiger partial charge in [0.05, 0.1) is 45.7 Å². The quantitative estimate of drug-likeness (QED) is 0.182. The van der Waals surface area contributed by atoms with Crippen molar-refractivity contribution in [3.63, 3.8) is 0 Å². The van der Waals surface area contributed by atoms with Crippen molar-refractivity contribution >= 4 is 38.8 Å². The standard InChI is InChI=1S/C36H31F2N5O5S/c1-20(2)22-9-14-25(15-10-22)49(45,46)26-16-12-24(13-17-26)43-33-31(21(3)41-43)32(23-11-18-29(48-36(37)38)30(19-23)47-4)42-28-8-6-5-7-27(28)39-35(44)34(42)40-33/h5-20,32,36H,1-4H3,(H,39,44)/t32-/m1/s1. The number of methoxy groups -OCH3 is 1. The van der Waals surface area contributed by atoms with E-state index in [1.54, 1.807) is 58.1 Å². The molecule has 2 aliphatic heterocycles. The average molecular weight is 684 g/mol. The average Bonchev–Trinajstić information content (AvgIpc) is 3.43. The van der Waals surface area contributed by atoms with Crippen LogP contribution in [-0.2, 0) is 14.6 Å². The van der Waals surface area contributed by atoms with Crippen molar-refractivity contribution in [3.8, 4) is 17.2 Å². The van der Waals surface area contributed by atoms with Crippen molar-refractivity contribution in [2.24, 2.45) is 4.99 Å². The first-order valence-electron chi connectivity index (χ1n) is 15.4. The molecule has 49 heavy (non-hydrogen) atoms. The van der Waals surface area contributed by atoms with Gasteiger partial charge in [-0.1, -0.05) is 44.2 Å². The second kappa shape index (κ2) is 12.2. The zero-order chi connectivity index (χ0) is 34.6. The molecule has 0 spiro atoms. The van der Waals surface area contributed by atoms with Crippen molar-refractivity contribution in [2.45, 2.75) is 49.1 Å². The highest BCUT2D eigenvalue weighted by atomic mass is 32.2. The summed E-state index contributed by atoms with van der Waals surface area (Å²) in [5, 5.41) is 7.69. The number of hydrogen-bond donors (Lipinski definition) is 1. The van der Waals surface area contributed by atoms with Crippen LogP contribution in [-0.4, -0.2) is 43.7 Å². The second-order valence-electron chi connectivity index (χ2n) is 11.9. The molecule has 3 heterocycles. The summed E-state index contributed by atoms with van der Waals surface area (Å²) in [7, 11) is -2.44. The van der Waals surface area contributed by atoms with Crippen LogP contribution in [0.2, 0.25) is 0 Å². The van der Waals surface area contributed by atoms with Gasteiger partial charge in [0.15, 0.2) is 17.3 Å². The van der Waals surface area contributed by atoms with E-state index in [9.17, 15) is 22.0 Å². The molecule has 4 aromatic carbocycles. The smallest absolute Gasteiger partial charge is 0.387 e. The highest BCUT2D eigenvalue weighted by molar-refractivity contribution is 7.91. The number of hydrogen-bond acceptors (Lipinski definition) is 8. The predicted molar refractivity (Wildman–Crippen MR) is 180 cm³/mol. The van der Waals surface area contributed by atoms with Gasteiger partial charge in [0.25, 0.3) is 5.91 Å². The number of halogens is 2. The lowest BCUT2D eigenvalue weighted by Gasteiger charge is -2.40. The number of nitrogens with zero attached hydrogens (tertiary/aromatic N) is 4. The number of fused-ring (bicyclic) bond motifs is 4. The third-order valence-corrected chi connectivity index (χ3v) is 10.4. The molecule has 0 saturated heterocycles. The molecule has 1 atom stereocenters. The van der Waals surface area contributed by atoms with Gasteiger partial charge in [-0.2, -0.15) is 13.9 Å². The van der Waals surface area contributed by atoms with E-state index in [1.807, 2.05) is 45.0 Å². The maximum Gasteiger partial charge on any atom is 0.387 e. The molecule has 2 aliphatic rings. The molecule has 0 saturated carbocycles. The number of aliphatic imine (C=N–C) groups is 1. The number of rotatable bonds is 8. The van der Waals surface area contributed by atoms with Gasteiger partial charge in [0.2, 0.25) is 15.7 Å². The molecule has 7 rings (SSSR count). The summed E-state index contributed by atoms with van der Waals surface area (Å²) in [4.78, 5) is 20.5. The lowest BCUT2D eigenvalue weighted by atomic mass is 9.93. The van der Waals surface area contributed by atoms with E-state index < -0.39 is 28.4 Å². The Kier molecular flexibility index (Phi) is 7.94. The van der Waals surface area contributed by atoms with Crippen LogP contribution < -0.4 is 19.7 Å². The van der Waals surface area contributed by atoms with Crippen LogP contribution in [0, 0.1) is 6.92 Å². The fourth-order valence-electron chi connectivity index (χ4n) is 6.22. The number of nitrogens with one attached hydrogen (secondary N) is 1. The van der Waals surface area contributed by atoms with Crippen LogP contribution in [0.1, 0.15) is 48.2 Å². The van der Waals surface area contributed by atoms with Crippen LogP contribution >= 0.6 is 0 Å². The van der Waals surface area contributed by atoms with Gasteiger partial charge in [-0.3, -0.25) is 4.79 Å². The molecule has 10 nitrogen and oxygen atoms in total. The molecule has 1 aromatic heterocycles. The highest BCUT2D eigenvalue weighted by Gasteiger charge is 2.43. The van der Waals surface area contributed by atoms with Crippen LogP contribution in [0.4, 0.5) is 26.0 Å². The van der Waals surface area contributed by atoms with Gasteiger partial charge < -0.3 is 19.7 Å². The lowest BCUT2D eigenvalue weighted by molar-refractivity contribution is -0.110. The molecule has 0 unspecified atom stereocenters. The minimum absolute atomic E-state index is 0.0823. The molecule has 0 bridgehead atoms. The Balaban J connectivity index is 1.35. The number of aryl methyl sites for hydroxylation is 1. The number of anilines is 2. The number of alkyl halides is 2. The van der Waals surface area contributed by atoms with Crippen molar-refractivity contribution in [3.05, 3.63) is 113 Å². The molecule has 250 valence electrons. The normalized spacial score (nSPS) is 15.3. The molecule has 0 aliphatic carbocycles. The number of carbonyl (C=O) groups is 1. The van der Waals surface area contributed by atoms with E-state index in [0.29, 0.717) is 39.7 Å². The number of benzene rings is 4. The molecule has 13 heteroatoms. The minimum Gasteiger partial charge on any atom is -0.493 e. The van der Waals surface area contributed by atoms with E-state index in [2.05, 4.69) is 10.1 Å².